The van der Waals surface area contributed by atoms with Gasteiger partial charge in [0.1, 0.15) is 46.3 Å². The number of amides is 6. The van der Waals surface area contributed by atoms with Gasteiger partial charge in [-0.15, -0.1) is 0 Å². The molecular formula is C48H46F2N8O10. The molecular weight excluding hydrogens is 887 g/mol. The number of carbonyl (C=O) groups excluding carboxylic acids is 5. The Kier molecular flexibility index (Phi) is 19.2. The predicted octanol–water partition coefficient (Wildman–Crippen LogP) is 10.2. The van der Waals surface area contributed by atoms with E-state index in [1.807, 2.05) is 0 Å². The lowest BCUT2D eigenvalue weighted by Crippen LogP contribution is -2.19. The highest BCUT2D eigenvalue weighted by Gasteiger charge is 2.11. The maximum absolute atomic E-state index is 13.0. The average Bonchev–Trinajstić information content (AvgIpc) is 3.30. The number of aromatic nitrogens is 2. The minimum atomic E-state index is -0.953. The van der Waals surface area contributed by atoms with E-state index >= 15 is 0 Å². The highest BCUT2D eigenvalue weighted by Crippen LogP contribution is 2.26. The molecule has 0 aliphatic rings. The molecule has 20 heteroatoms. The normalized spacial score (nSPS) is 10.2. The number of nitrogens with zero attached hydrogens (tertiary/aromatic N) is 2. The largest absolute Gasteiger partial charge is 0.481 e. The molecule has 0 radical (unpaired) electrons. The number of urea groups is 2. The first-order chi connectivity index (χ1) is 32.8. The van der Waals surface area contributed by atoms with Crippen molar-refractivity contribution in [3.8, 4) is 23.0 Å². The van der Waals surface area contributed by atoms with Crippen LogP contribution in [0.3, 0.4) is 0 Å². The van der Waals surface area contributed by atoms with Gasteiger partial charge in [0.25, 0.3) is 0 Å². The number of carbonyl (C=O) groups is 6. The number of carboxylic acid groups (broad SMARTS) is 1. The molecule has 0 fully saturated rings. The summed E-state index contributed by atoms with van der Waals surface area (Å²) in [6.45, 7) is 2.04. The van der Waals surface area contributed by atoms with Crippen LogP contribution in [0, 0.1) is 11.6 Å². The number of rotatable bonds is 19. The molecule has 18 nitrogen and oxygen atoms in total. The zero-order valence-corrected chi connectivity index (χ0v) is 36.4. The van der Waals surface area contributed by atoms with Gasteiger partial charge in [-0.25, -0.2) is 28.3 Å². The van der Waals surface area contributed by atoms with Crippen LogP contribution in [-0.4, -0.2) is 57.5 Å². The molecule has 352 valence electrons. The number of halogens is 2. The number of hydrogen-bond acceptors (Lipinski definition) is 11. The molecule has 2 heterocycles. The first-order valence-electron chi connectivity index (χ1n) is 20.9. The zero-order valence-electron chi connectivity index (χ0n) is 36.4. The molecule has 0 bridgehead atoms. The van der Waals surface area contributed by atoms with Crippen molar-refractivity contribution in [2.24, 2.45) is 0 Å². The Balaban J connectivity index is 0.000000255. The molecule has 4 aromatic carbocycles. The Morgan fingerprint density at radius 3 is 1.22 bits per heavy atom. The van der Waals surface area contributed by atoms with Gasteiger partial charge in [-0.3, -0.25) is 19.2 Å². The maximum atomic E-state index is 13.0. The first kappa shape index (κ1) is 50.1. The van der Waals surface area contributed by atoms with Crippen molar-refractivity contribution in [1.29, 1.82) is 0 Å². The SMILES string of the molecule is CCOC(=O)CCCC(=O)Nc1cc(Oc2ccc(NC(=O)Nc3ccc(F)cc3)cc2)ccn1.O=C(O)CCCC(=O)Nc1cc(Oc2ccc(NC(=O)Nc3ccc(F)cc3)cc2)ccn1. The van der Waals surface area contributed by atoms with Crippen molar-refractivity contribution in [2.75, 3.05) is 38.5 Å². The summed E-state index contributed by atoms with van der Waals surface area (Å²) in [5.74, 6) is -0.188. The minimum Gasteiger partial charge on any atom is -0.481 e. The third-order valence-corrected chi connectivity index (χ3v) is 8.78. The zero-order chi connectivity index (χ0) is 48.7. The third-order valence-electron chi connectivity index (χ3n) is 8.78. The topological polar surface area (TPSA) is 248 Å². The number of pyridine rings is 2. The van der Waals surface area contributed by atoms with Gasteiger partial charge < -0.3 is 51.2 Å². The summed E-state index contributed by atoms with van der Waals surface area (Å²) in [6.07, 6.45) is 3.91. The van der Waals surface area contributed by atoms with Gasteiger partial charge in [-0.1, -0.05) is 0 Å². The molecule has 6 aromatic rings. The number of esters is 1. The van der Waals surface area contributed by atoms with Gasteiger partial charge in [0, 0.05) is 73.0 Å². The van der Waals surface area contributed by atoms with Crippen molar-refractivity contribution >= 4 is 70.2 Å². The Bertz CT molecular complexity index is 2640. The summed E-state index contributed by atoms with van der Waals surface area (Å²) in [4.78, 5) is 78.1. The molecule has 0 aliphatic heterocycles. The lowest BCUT2D eigenvalue weighted by Gasteiger charge is -2.10. The molecule has 0 spiro atoms. The van der Waals surface area contributed by atoms with E-state index in [-0.39, 0.29) is 61.5 Å². The van der Waals surface area contributed by atoms with Crippen LogP contribution < -0.4 is 41.4 Å². The van der Waals surface area contributed by atoms with Crippen LogP contribution in [0.4, 0.5) is 52.8 Å². The molecule has 7 N–H and O–H groups in total. The number of carboxylic acids is 1. The summed E-state index contributed by atoms with van der Waals surface area (Å²) < 4.78 is 42.3. The molecule has 0 saturated carbocycles. The van der Waals surface area contributed by atoms with E-state index in [4.69, 9.17) is 19.3 Å². The lowest BCUT2D eigenvalue weighted by molar-refractivity contribution is -0.143. The summed E-state index contributed by atoms with van der Waals surface area (Å²) in [7, 11) is 0. The Morgan fingerprint density at radius 1 is 0.485 bits per heavy atom. The summed E-state index contributed by atoms with van der Waals surface area (Å²) in [5.41, 5.74) is 1.97. The van der Waals surface area contributed by atoms with Crippen molar-refractivity contribution in [3.63, 3.8) is 0 Å². The summed E-state index contributed by atoms with van der Waals surface area (Å²) >= 11 is 0. The van der Waals surface area contributed by atoms with Crippen LogP contribution in [0.15, 0.2) is 134 Å². The van der Waals surface area contributed by atoms with Crippen molar-refractivity contribution in [2.45, 2.75) is 45.4 Å². The molecule has 6 amide bonds. The molecule has 0 atom stereocenters. The standard InChI is InChI=1S/C25H25FN4O5.C23H21FN4O5/c1-2-34-24(32)5-3-4-23(31)30-22-16-21(14-15-27-22)35-20-12-10-19(11-13-20)29-25(33)28-18-8-6-17(26)7-9-18;24-15-4-6-16(7-5-15)26-23(32)27-17-8-10-18(11-9-17)33-19-12-13-25-20(14-19)28-21(29)2-1-3-22(30)31/h6-16H,2-5H2,1H3,(H,27,30,31)(H2,28,29,33);4-14H,1-3H2,(H,30,31)(H,25,28,29)(H2,26,27,32). The van der Waals surface area contributed by atoms with Crippen molar-refractivity contribution < 1.29 is 56.9 Å². The van der Waals surface area contributed by atoms with E-state index in [1.165, 1.54) is 67.0 Å². The van der Waals surface area contributed by atoms with Crippen molar-refractivity contribution in [1.82, 2.24) is 9.97 Å². The fourth-order valence-electron chi connectivity index (χ4n) is 5.66. The van der Waals surface area contributed by atoms with E-state index in [9.17, 15) is 37.5 Å². The summed E-state index contributed by atoms with van der Waals surface area (Å²) in [6, 6.07) is 29.5. The van der Waals surface area contributed by atoms with E-state index < -0.39 is 23.8 Å². The molecule has 68 heavy (non-hydrogen) atoms. The number of ether oxygens (including phenoxy) is 3. The van der Waals surface area contributed by atoms with Gasteiger partial charge >= 0.3 is 24.0 Å². The Labute approximate surface area is 388 Å². The minimum absolute atomic E-state index is 0.0717. The second-order valence-electron chi connectivity index (χ2n) is 14.2. The number of hydrogen-bond donors (Lipinski definition) is 7. The Morgan fingerprint density at radius 2 is 0.853 bits per heavy atom. The molecule has 0 unspecified atom stereocenters. The van der Waals surface area contributed by atoms with Crippen molar-refractivity contribution in [3.05, 3.63) is 145 Å². The highest BCUT2D eigenvalue weighted by molar-refractivity contribution is 6.00. The highest BCUT2D eigenvalue weighted by atomic mass is 19.1. The van der Waals surface area contributed by atoms with E-state index in [1.54, 1.807) is 73.7 Å². The maximum Gasteiger partial charge on any atom is 0.323 e. The van der Waals surface area contributed by atoms with Gasteiger partial charge in [0.2, 0.25) is 11.8 Å². The Hall–Kier alpha value is -8.94. The number of aliphatic carboxylic acids is 1. The smallest absolute Gasteiger partial charge is 0.323 e. The molecule has 0 saturated heterocycles. The lowest BCUT2D eigenvalue weighted by atomic mass is 10.2. The molecule has 2 aromatic heterocycles. The van der Waals surface area contributed by atoms with Crippen LogP contribution in [-0.2, 0) is 23.9 Å². The van der Waals surface area contributed by atoms with Crippen LogP contribution in [0.2, 0.25) is 0 Å². The van der Waals surface area contributed by atoms with Crippen LogP contribution in [0.5, 0.6) is 23.0 Å². The first-order valence-corrected chi connectivity index (χ1v) is 20.9. The number of nitrogens with one attached hydrogen (secondary N) is 6. The second kappa shape index (κ2) is 26.1. The molecule has 0 aliphatic carbocycles. The fraction of sp³-hybridized carbons (Fsp3) is 0.167. The van der Waals surface area contributed by atoms with Gasteiger partial charge in [0.15, 0.2) is 0 Å². The predicted molar refractivity (Wildman–Crippen MR) is 249 cm³/mol. The summed E-state index contributed by atoms with van der Waals surface area (Å²) in [5, 5.41) is 24.4. The quantitative estimate of drug-likeness (QED) is 0.0375. The molecule has 6 rings (SSSR count). The van der Waals surface area contributed by atoms with Gasteiger partial charge in [-0.2, -0.15) is 0 Å². The third kappa shape index (κ3) is 18.6. The van der Waals surface area contributed by atoms with Gasteiger partial charge in [0.05, 0.1) is 6.61 Å². The van der Waals surface area contributed by atoms with Crippen LogP contribution in [0.1, 0.15) is 45.4 Å². The fourth-order valence-corrected chi connectivity index (χ4v) is 5.66. The monoisotopic (exact) mass is 932 g/mol. The number of benzene rings is 4. The van der Waals surface area contributed by atoms with Crippen LogP contribution >= 0.6 is 0 Å². The van der Waals surface area contributed by atoms with Gasteiger partial charge in [-0.05, 0) is 129 Å². The van der Waals surface area contributed by atoms with E-state index in [2.05, 4.69) is 41.9 Å². The second-order valence-corrected chi connectivity index (χ2v) is 14.2. The van der Waals surface area contributed by atoms with E-state index in [0.29, 0.717) is 64.6 Å². The van der Waals surface area contributed by atoms with E-state index in [0.717, 1.165) is 0 Å². The van der Waals surface area contributed by atoms with Crippen LogP contribution in [0.25, 0.3) is 0 Å². The number of anilines is 6. The average molecular weight is 933 g/mol.